The molecule has 1 atom stereocenters. The molecule has 0 bridgehead atoms. The van der Waals surface area contributed by atoms with Crippen LogP contribution in [-0.4, -0.2) is 83.3 Å². The third kappa shape index (κ3) is 3.09. The van der Waals surface area contributed by atoms with Gasteiger partial charge in [0, 0.05) is 44.6 Å². The van der Waals surface area contributed by atoms with E-state index in [1.807, 2.05) is 6.07 Å². The lowest BCUT2D eigenvalue weighted by molar-refractivity contribution is -0.139. The number of piperidine rings is 1. The number of likely N-dealkylation sites (tertiary alicyclic amines) is 1. The van der Waals surface area contributed by atoms with E-state index in [0.717, 1.165) is 31.1 Å². The van der Waals surface area contributed by atoms with E-state index < -0.39 is 35.6 Å². The second-order valence-electron chi connectivity index (χ2n) is 8.86. The van der Waals surface area contributed by atoms with Crippen molar-refractivity contribution in [3.63, 3.8) is 0 Å². The molecular formula is C21H22N4O6. The first-order valence-corrected chi connectivity index (χ1v) is 10.3. The number of benzene rings is 1. The van der Waals surface area contributed by atoms with Crippen molar-refractivity contribution in [1.29, 1.82) is 0 Å². The van der Waals surface area contributed by atoms with Crippen LogP contribution in [0.3, 0.4) is 0 Å². The fraction of sp³-hybridized carbons (Fsp3) is 0.476. The Hall–Kier alpha value is -3.27. The zero-order valence-electron chi connectivity index (χ0n) is 16.8. The summed E-state index contributed by atoms with van der Waals surface area (Å²) < 4.78 is 0. The van der Waals surface area contributed by atoms with Crippen LogP contribution in [0.1, 0.15) is 40.0 Å². The summed E-state index contributed by atoms with van der Waals surface area (Å²) in [5, 5.41) is 11.0. The van der Waals surface area contributed by atoms with Gasteiger partial charge in [-0.25, -0.2) is 0 Å². The number of carboxylic acid groups (broad SMARTS) is 1. The number of hydrogen-bond acceptors (Lipinski definition) is 7. The Morgan fingerprint density at radius 3 is 2.52 bits per heavy atom. The molecule has 1 spiro atoms. The number of fused-ring (bicyclic) bond motifs is 1. The summed E-state index contributed by atoms with van der Waals surface area (Å²) in [7, 11) is 0. The lowest BCUT2D eigenvalue weighted by atomic mass is 9.72. The normalized spacial score (nSPS) is 24.7. The van der Waals surface area contributed by atoms with Crippen LogP contribution >= 0.6 is 0 Å². The number of hydrogen-bond donors (Lipinski definition) is 2. The molecule has 10 nitrogen and oxygen atoms in total. The van der Waals surface area contributed by atoms with E-state index >= 15 is 0 Å². The van der Waals surface area contributed by atoms with E-state index in [1.165, 1.54) is 0 Å². The minimum atomic E-state index is -0.977. The van der Waals surface area contributed by atoms with Crippen molar-refractivity contribution in [3.8, 4) is 0 Å². The molecule has 0 aromatic heterocycles. The molecule has 5 rings (SSSR count). The average Bonchev–Trinajstić information content (AvgIpc) is 2.91. The maximum absolute atomic E-state index is 13.2. The zero-order chi connectivity index (χ0) is 21.9. The highest BCUT2D eigenvalue weighted by Crippen LogP contribution is 2.44. The molecule has 1 aromatic rings. The van der Waals surface area contributed by atoms with Crippen LogP contribution in [0.4, 0.5) is 5.69 Å². The van der Waals surface area contributed by atoms with Gasteiger partial charge in [-0.15, -0.1) is 0 Å². The average molecular weight is 426 g/mol. The number of carbonyl (C=O) groups excluding carboxylic acids is 4. The SMILES string of the molecule is O=C(O)CCN1CC2(C1)CN(c1cccc3c1C(=O)N(C1CCC(=O)NC1=O)C3=O)C2. The smallest absolute Gasteiger partial charge is 0.304 e. The van der Waals surface area contributed by atoms with Gasteiger partial charge >= 0.3 is 5.97 Å². The van der Waals surface area contributed by atoms with Crippen LogP contribution in [0.2, 0.25) is 0 Å². The van der Waals surface area contributed by atoms with Gasteiger partial charge in [0.2, 0.25) is 11.8 Å². The van der Waals surface area contributed by atoms with E-state index in [2.05, 4.69) is 15.1 Å². The fourth-order valence-corrected chi connectivity index (χ4v) is 5.21. The van der Waals surface area contributed by atoms with Crippen molar-refractivity contribution in [2.24, 2.45) is 5.41 Å². The third-order valence-electron chi connectivity index (χ3n) is 6.60. The number of imide groups is 2. The van der Waals surface area contributed by atoms with Gasteiger partial charge in [-0.1, -0.05) is 6.07 Å². The zero-order valence-corrected chi connectivity index (χ0v) is 16.8. The Labute approximate surface area is 177 Å². The Bertz CT molecular complexity index is 1020. The van der Waals surface area contributed by atoms with Gasteiger partial charge < -0.3 is 14.9 Å². The Kier molecular flexibility index (Phi) is 4.37. The van der Waals surface area contributed by atoms with Crippen LogP contribution in [0.25, 0.3) is 0 Å². The van der Waals surface area contributed by atoms with Crippen molar-refractivity contribution >= 4 is 35.3 Å². The number of nitrogens with zero attached hydrogens (tertiary/aromatic N) is 3. The summed E-state index contributed by atoms with van der Waals surface area (Å²) in [5.41, 5.74) is 1.37. The van der Waals surface area contributed by atoms with E-state index in [0.29, 0.717) is 17.8 Å². The van der Waals surface area contributed by atoms with Gasteiger partial charge in [0.1, 0.15) is 6.04 Å². The van der Waals surface area contributed by atoms with E-state index in [9.17, 15) is 24.0 Å². The van der Waals surface area contributed by atoms with Gasteiger partial charge in [-0.05, 0) is 18.6 Å². The maximum atomic E-state index is 13.2. The number of anilines is 1. The van der Waals surface area contributed by atoms with E-state index in [-0.39, 0.29) is 30.2 Å². The van der Waals surface area contributed by atoms with Crippen LogP contribution in [-0.2, 0) is 14.4 Å². The highest BCUT2D eigenvalue weighted by molar-refractivity contribution is 6.25. The summed E-state index contributed by atoms with van der Waals surface area (Å²) in [6, 6.07) is 4.16. The summed E-state index contributed by atoms with van der Waals surface area (Å²) >= 11 is 0. The molecule has 4 aliphatic rings. The van der Waals surface area contributed by atoms with Crippen molar-refractivity contribution in [1.82, 2.24) is 15.1 Å². The van der Waals surface area contributed by atoms with Crippen molar-refractivity contribution in [2.45, 2.75) is 25.3 Å². The maximum Gasteiger partial charge on any atom is 0.304 e. The van der Waals surface area contributed by atoms with Crippen LogP contribution < -0.4 is 10.2 Å². The van der Waals surface area contributed by atoms with Crippen molar-refractivity contribution < 1.29 is 29.1 Å². The van der Waals surface area contributed by atoms with Gasteiger partial charge in [-0.3, -0.25) is 34.2 Å². The first-order valence-electron chi connectivity index (χ1n) is 10.3. The summed E-state index contributed by atoms with van der Waals surface area (Å²) in [4.78, 5) is 65.7. The number of rotatable bonds is 5. The first kappa shape index (κ1) is 19.7. The predicted octanol–water partition coefficient (Wildman–Crippen LogP) is -0.315. The number of carbonyl (C=O) groups is 5. The minimum Gasteiger partial charge on any atom is -0.481 e. The number of aliphatic carboxylic acids is 1. The topological polar surface area (TPSA) is 127 Å². The molecule has 31 heavy (non-hydrogen) atoms. The van der Waals surface area contributed by atoms with Gasteiger partial charge in [0.15, 0.2) is 0 Å². The molecule has 3 fully saturated rings. The van der Waals surface area contributed by atoms with Gasteiger partial charge in [0.25, 0.3) is 11.8 Å². The van der Waals surface area contributed by atoms with Crippen LogP contribution in [0, 0.1) is 5.41 Å². The first-order chi connectivity index (χ1) is 14.8. The van der Waals surface area contributed by atoms with E-state index in [4.69, 9.17) is 5.11 Å². The van der Waals surface area contributed by atoms with Crippen molar-refractivity contribution in [2.75, 3.05) is 37.6 Å². The largest absolute Gasteiger partial charge is 0.481 e. The quantitative estimate of drug-likeness (QED) is 0.614. The van der Waals surface area contributed by atoms with Crippen LogP contribution in [0.5, 0.6) is 0 Å². The second kappa shape index (κ2) is 6.88. The molecule has 4 heterocycles. The molecular weight excluding hydrogens is 404 g/mol. The fourth-order valence-electron chi connectivity index (χ4n) is 5.21. The minimum absolute atomic E-state index is 0.0870. The monoisotopic (exact) mass is 426 g/mol. The molecule has 10 heteroatoms. The second-order valence-corrected chi connectivity index (χ2v) is 8.86. The predicted molar refractivity (Wildman–Crippen MR) is 106 cm³/mol. The van der Waals surface area contributed by atoms with Gasteiger partial charge in [0.05, 0.1) is 23.2 Å². The Morgan fingerprint density at radius 1 is 1.10 bits per heavy atom. The van der Waals surface area contributed by atoms with E-state index in [1.54, 1.807) is 12.1 Å². The molecule has 2 N–H and O–H groups in total. The molecule has 4 amide bonds. The standard InChI is InChI=1S/C21H22N4O6/c26-15-5-4-14(18(29)22-15)25-19(30)12-2-1-3-13(17(12)20(25)31)24-10-21(11-24)8-23(9-21)7-6-16(27)28/h1-3,14H,4-11H2,(H,27,28)(H,22,26,29). The lowest BCUT2D eigenvalue weighted by Gasteiger charge is -2.61. The molecule has 4 aliphatic heterocycles. The highest BCUT2D eigenvalue weighted by atomic mass is 16.4. The summed E-state index contributed by atoms with van der Waals surface area (Å²) in [6.45, 7) is 3.63. The molecule has 3 saturated heterocycles. The summed E-state index contributed by atoms with van der Waals surface area (Å²) in [6.07, 6.45) is 0.340. The highest BCUT2D eigenvalue weighted by Gasteiger charge is 2.53. The molecule has 1 aromatic carbocycles. The molecule has 0 aliphatic carbocycles. The number of amides is 4. The number of carboxylic acids is 1. The Morgan fingerprint density at radius 2 is 1.84 bits per heavy atom. The lowest BCUT2D eigenvalue weighted by Crippen LogP contribution is -2.72. The number of nitrogens with one attached hydrogen (secondary N) is 1. The third-order valence-corrected chi connectivity index (χ3v) is 6.60. The van der Waals surface area contributed by atoms with Crippen LogP contribution in [0.15, 0.2) is 18.2 Å². The molecule has 1 unspecified atom stereocenters. The molecule has 0 saturated carbocycles. The van der Waals surface area contributed by atoms with Gasteiger partial charge in [-0.2, -0.15) is 0 Å². The van der Waals surface area contributed by atoms with Crippen molar-refractivity contribution in [3.05, 3.63) is 29.3 Å². The molecule has 162 valence electrons. The summed E-state index contributed by atoms with van der Waals surface area (Å²) in [5.74, 6) is -2.83. The molecule has 0 radical (unpaired) electrons. The Balaban J connectivity index is 1.31.